The molecular weight excluding hydrogens is 430 g/mol. The molecule has 1 saturated heterocycles. The number of fused-ring (bicyclic) bond motifs is 3. The third kappa shape index (κ3) is 2.84. The highest BCUT2D eigenvalue weighted by atomic mass is 16.3. The molecule has 6 rings (SSSR count). The van der Waals surface area contributed by atoms with Crippen molar-refractivity contribution in [1.29, 1.82) is 0 Å². The number of nitrogens with zero attached hydrogens (tertiary/aromatic N) is 3. The van der Waals surface area contributed by atoms with Crippen LogP contribution in [-0.2, 0) is 24.2 Å². The normalized spacial score (nSPS) is 22.7. The Labute approximate surface area is 196 Å². The summed E-state index contributed by atoms with van der Waals surface area (Å²) < 4.78 is 1.89. The van der Waals surface area contributed by atoms with Gasteiger partial charge in [-0.1, -0.05) is 18.2 Å². The Morgan fingerprint density at radius 1 is 1.09 bits per heavy atom. The van der Waals surface area contributed by atoms with Crippen LogP contribution in [0.1, 0.15) is 30.7 Å². The van der Waals surface area contributed by atoms with Crippen LogP contribution in [0.25, 0.3) is 10.9 Å². The number of aliphatic hydroxyl groups excluding tert-OH is 1. The number of pyridine rings is 1. The van der Waals surface area contributed by atoms with Crippen LogP contribution < -0.4 is 10.6 Å². The van der Waals surface area contributed by atoms with Crippen LogP contribution >= 0.6 is 0 Å². The Morgan fingerprint density at radius 3 is 2.56 bits per heavy atom. The van der Waals surface area contributed by atoms with Crippen molar-refractivity contribution in [1.82, 2.24) is 15.2 Å². The predicted octanol–water partition coefficient (Wildman–Crippen LogP) is 3.26. The minimum absolute atomic E-state index is 0.236. The zero-order valence-electron chi connectivity index (χ0n) is 19.3. The number of urea groups is 1. The Balaban J connectivity index is 1.37. The Kier molecular flexibility index (Phi) is 4.12. The smallest absolute Gasteiger partial charge is 0.365 e. The lowest BCUT2D eigenvalue weighted by Gasteiger charge is -2.28. The number of amides is 3. The molecule has 0 bridgehead atoms. The van der Waals surface area contributed by atoms with E-state index in [4.69, 9.17) is 4.98 Å². The topological polar surface area (TPSA) is 97.6 Å². The maximum atomic E-state index is 12.6. The monoisotopic (exact) mass is 456 g/mol. The molecule has 3 heterocycles. The standard InChI is InChI=1S/C26H25N5O3/c1-25(2)23(33)31(21-7-5-4-6-19(21)29-25)14-18-9-8-15-10-16-12-26(13-17(16)11-20(15)27-18)22(32)28-24(34)30(26)3/h4-11,29H,12-14H2,1-3H3,(H,28,32,34)/p+1. The van der Waals surface area contributed by atoms with Crippen molar-refractivity contribution >= 4 is 40.1 Å². The van der Waals surface area contributed by atoms with E-state index < -0.39 is 11.1 Å². The molecule has 3 amide bonds. The fourth-order valence-corrected chi connectivity index (χ4v) is 5.44. The van der Waals surface area contributed by atoms with Crippen LogP contribution in [0.2, 0.25) is 0 Å². The van der Waals surface area contributed by atoms with Gasteiger partial charge in [-0.3, -0.25) is 10.1 Å². The van der Waals surface area contributed by atoms with Crippen LogP contribution in [0.4, 0.5) is 16.2 Å². The molecule has 1 aliphatic carbocycles. The molecule has 0 radical (unpaired) electrons. The van der Waals surface area contributed by atoms with Gasteiger partial charge in [-0.2, -0.15) is 4.58 Å². The van der Waals surface area contributed by atoms with Gasteiger partial charge < -0.3 is 15.3 Å². The molecule has 172 valence electrons. The molecular formula is C26H26N5O3+. The number of para-hydroxylation sites is 2. The number of imide groups is 1. The van der Waals surface area contributed by atoms with Gasteiger partial charge in [0.25, 0.3) is 5.91 Å². The molecule has 3 N–H and O–H groups in total. The maximum absolute atomic E-state index is 12.6. The first-order valence-electron chi connectivity index (χ1n) is 11.4. The maximum Gasteiger partial charge on any atom is 0.365 e. The van der Waals surface area contributed by atoms with Gasteiger partial charge in [-0.05, 0) is 49.2 Å². The number of anilines is 1. The van der Waals surface area contributed by atoms with E-state index in [-0.39, 0.29) is 17.8 Å². The summed E-state index contributed by atoms with van der Waals surface area (Å²) in [6.45, 7) is 4.31. The molecule has 1 fully saturated rings. The second-order valence-corrected chi connectivity index (χ2v) is 10.00. The van der Waals surface area contributed by atoms with Crippen molar-refractivity contribution in [3.8, 4) is 0 Å². The highest BCUT2D eigenvalue weighted by Gasteiger charge is 2.54. The van der Waals surface area contributed by atoms with Crippen LogP contribution in [0.15, 0.2) is 48.5 Å². The Hall–Kier alpha value is -3.94. The lowest BCUT2D eigenvalue weighted by Crippen LogP contribution is -2.48. The molecule has 1 spiro atoms. The average molecular weight is 457 g/mol. The van der Waals surface area contributed by atoms with Crippen LogP contribution in [0.3, 0.4) is 0 Å². The molecule has 0 saturated carbocycles. The number of carbonyl (C=O) groups is 2. The van der Waals surface area contributed by atoms with E-state index in [1.807, 2.05) is 60.9 Å². The minimum Gasteiger partial charge on any atom is -0.461 e. The summed E-state index contributed by atoms with van der Waals surface area (Å²) in [5.74, 6) is 0.00356. The number of rotatable bonds is 2. The van der Waals surface area contributed by atoms with E-state index in [2.05, 4.69) is 16.7 Å². The second-order valence-electron chi connectivity index (χ2n) is 10.00. The van der Waals surface area contributed by atoms with E-state index >= 15 is 0 Å². The molecule has 1 aromatic heterocycles. The van der Waals surface area contributed by atoms with Gasteiger partial charge in [0.15, 0.2) is 12.1 Å². The number of hydrogen-bond donors (Lipinski definition) is 3. The Morgan fingerprint density at radius 2 is 1.82 bits per heavy atom. The largest absolute Gasteiger partial charge is 0.461 e. The van der Waals surface area contributed by atoms with Gasteiger partial charge in [0.05, 0.1) is 5.52 Å². The summed E-state index contributed by atoms with van der Waals surface area (Å²) in [4.78, 5) is 31.1. The van der Waals surface area contributed by atoms with Crippen molar-refractivity contribution in [3.05, 3.63) is 65.4 Å². The highest BCUT2D eigenvalue weighted by Crippen LogP contribution is 2.39. The summed E-state index contributed by atoms with van der Waals surface area (Å²) in [5.41, 5.74) is 4.18. The lowest BCUT2D eigenvalue weighted by molar-refractivity contribution is -0.471. The van der Waals surface area contributed by atoms with Crippen molar-refractivity contribution < 1.29 is 19.3 Å². The lowest BCUT2D eigenvalue weighted by atomic mass is 9.95. The molecule has 3 aromatic rings. The fraction of sp³-hybridized carbons (Fsp3) is 0.308. The second kappa shape index (κ2) is 6.79. The van der Waals surface area contributed by atoms with Gasteiger partial charge in [0.2, 0.25) is 5.69 Å². The minimum atomic E-state index is -0.851. The molecule has 8 heteroatoms. The van der Waals surface area contributed by atoms with Gasteiger partial charge in [-0.25, -0.2) is 9.78 Å². The van der Waals surface area contributed by atoms with Crippen molar-refractivity contribution in [3.63, 3.8) is 0 Å². The van der Waals surface area contributed by atoms with Gasteiger partial charge in [0, 0.05) is 31.3 Å². The molecule has 34 heavy (non-hydrogen) atoms. The number of likely N-dealkylation sites (N-methyl/N-ethyl adjacent to an activating group) is 1. The first kappa shape index (κ1) is 20.7. The average Bonchev–Trinajstić information content (AvgIpc) is 3.27. The van der Waals surface area contributed by atoms with Gasteiger partial charge >= 0.3 is 11.9 Å². The summed E-state index contributed by atoms with van der Waals surface area (Å²) >= 11 is 0. The molecule has 2 aromatic carbocycles. The molecule has 1 unspecified atom stereocenters. The van der Waals surface area contributed by atoms with Gasteiger partial charge in [0.1, 0.15) is 16.9 Å². The van der Waals surface area contributed by atoms with E-state index in [0.29, 0.717) is 19.4 Å². The molecule has 8 nitrogen and oxygen atoms in total. The molecule has 3 aliphatic rings. The summed E-state index contributed by atoms with van der Waals surface area (Å²) in [5, 5.41) is 17.8. The van der Waals surface area contributed by atoms with E-state index in [0.717, 1.165) is 39.1 Å². The SMILES string of the molecule is CN1C(=O)NC(=O)C12Cc1cc3ccc(C[N+]4=C(O)C(C)(C)Nc5ccccc54)nc3cc1C2. The van der Waals surface area contributed by atoms with Crippen molar-refractivity contribution in [2.24, 2.45) is 0 Å². The van der Waals surface area contributed by atoms with Crippen LogP contribution in [0, 0.1) is 0 Å². The quantitative estimate of drug-likeness (QED) is 0.406. The van der Waals surface area contributed by atoms with E-state index in [9.17, 15) is 14.7 Å². The predicted molar refractivity (Wildman–Crippen MR) is 129 cm³/mol. The summed E-state index contributed by atoms with van der Waals surface area (Å²) in [6, 6.07) is 15.7. The highest BCUT2D eigenvalue weighted by molar-refractivity contribution is 6.08. The number of hydrogen-bond acceptors (Lipinski definition) is 4. The number of nitrogens with one attached hydrogen (secondary N) is 2. The van der Waals surface area contributed by atoms with Gasteiger partial charge in [-0.15, -0.1) is 0 Å². The van der Waals surface area contributed by atoms with Crippen molar-refractivity contribution in [2.45, 2.75) is 44.3 Å². The van der Waals surface area contributed by atoms with Crippen molar-refractivity contribution in [2.75, 3.05) is 12.4 Å². The summed E-state index contributed by atoms with van der Waals surface area (Å²) in [6.07, 6.45) is 0.982. The first-order chi connectivity index (χ1) is 16.2. The first-order valence-corrected chi connectivity index (χ1v) is 11.4. The Bertz CT molecular complexity index is 1440. The number of carbonyl (C=O) groups excluding carboxylic acids is 2. The summed E-state index contributed by atoms with van der Waals surface area (Å²) in [7, 11) is 1.68. The zero-order valence-corrected chi connectivity index (χ0v) is 19.3. The van der Waals surface area contributed by atoms with E-state index in [1.165, 1.54) is 4.90 Å². The van der Waals surface area contributed by atoms with E-state index in [1.54, 1.807) is 7.05 Å². The van der Waals surface area contributed by atoms with Crippen LogP contribution in [0.5, 0.6) is 0 Å². The number of aromatic nitrogens is 1. The fourth-order valence-electron chi connectivity index (χ4n) is 5.44. The third-order valence-electron chi connectivity index (χ3n) is 7.40. The molecule has 2 aliphatic heterocycles. The third-order valence-corrected chi connectivity index (χ3v) is 7.40. The zero-order chi connectivity index (χ0) is 23.8. The van der Waals surface area contributed by atoms with Crippen LogP contribution in [-0.4, -0.2) is 55.5 Å². The number of aliphatic hydroxyl groups is 1. The molecule has 1 atom stereocenters. The number of benzene rings is 2.